The van der Waals surface area contributed by atoms with Crippen molar-refractivity contribution in [3.63, 3.8) is 0 Å². The molecule has 1 amide bonds. The number of piperazine rings is 1. The summed E-state index contributed by atoms with van der Waals surface area (Å²) in [6.07, 6.45) is 0. The van der Waals surface area contributed by atoms with E-state index in [2.05, 4.69) is 0 Å². The van der Waals surface area contributed by atoms with Gasteiger partial charge in [0.2, 0.25) is 10.0 Å². The van der Waals surface area contributed by atoms with Crippen molar-refractivity contribution in [2.24, 2.45) is 0 Å². The van der Waals surface area contributed by atoms with Gasteiger partial charge in [-0.05, 0) is 24.3 Å². The molecule has 13 heteroatoms. The molecule has 0 radical (unpaired) electrons. The van der Waals surface area contributed by atoms with E-state index in [1.807, 2.05) is 0 Å². The Balaban J connectivity index is 1.71. The van der Waals surface area contributed by atoms with Crippen LogP contribution in [0.3, 0.4) is 0 Å². The van der Waals surface area contributed by atoms with Crippen molar-refractivity contribution in [1.82, 2.24) is 9.21 Å². The van der Waals surface area contributed by atoms with Crippen molar-refractivity contribution in [3.8, 4) is 0 Å². The molecule has 0 saturated carbocycles. The van der Waals surface area contributed by atoms with Gasteiger partial charge in [-0.1, -0.05) is 11.6 Å². The van der Waals surface area contributed by atoms with Crippen LogP contribution in [0.1, 0.15) is 10.4 Å². The first-order chi connectivity index (χ1) is 14.1. The van der Waals surface area contributed by atoms with E-state index in [1.165, 1.54) is 21.3 Å². The molecule has 1 heterocycles. The Hall–Kier alpha value is -3.09. The molecule has 0 spiro atoms. The van der Waals surface area contributed by atoms with E-state index in [4.69, 9.17) is 11.6 Å². The first kappa shape index (κ1) is 21.6. The van der Waals surface area contributed by atoms with Crippen LogP contribution in [0.15, 0.2) is 47.4 Å². The molecule has 0 atom stereocenters. The molecule has 0 N–H and O–H groups in total. The second-order valence-electron chi connectivity index (χ2n) is 6.37. The third-order valence-electron chi connectivity index (χ3n) is 4.60. The minimum atomic E-state index is -3.88. The number of sulfonamides is 1. The van der Waals surface area contributed by atoms with E-state index in [-0.39, 0.29) is 53.0 Å². The fraction of sp³-hybridized carbons (Fsp3) is 0.235. The molecule has 0 unspecified atom stereocenters. The summed E-state index contributed by atoms with van der Waals surface area (Å²) < 4.78 is 26.7. The lowest BCUT2D eigenvalue weighted by Gasteiger charge is -2.34. The van der Waals surface area contributed by atoms with E-state index < -0.39 is 25.8 Å². The number of nitro benzene ring substituents is 2. The third-order valence-corrected chi connectivity index (χ3v) is 6.83. The molecular weight excluding hydrogens is 440 g/mol. The molecule has 30 heavy (non-hydrogen) atoms. The van der Waals surface area contributed by atoms with Crippen molar-refractivity contribution in [3.05, 3.63) is 73.3 Å². The minimum absolute atomic E-state index is 0.0146. The normalized spacial score (nSPS) is 15.0. The zero-order valence-electron chi connectivity index (χ0n) is 15.3. The predicted molar refractivity (Wildman–Crippen MR) is 106 cm³/mol. The zero-order valence-corrected chi connectivity index (χ0v) is 16.9. The van der Waals surface area contributed by atoms with Gasteiger partial charge in [-0.2, -0.15) is 4.31 Å². The maximum atomic E-state index is 12.7. The van der Waals surface area contributed by atoms with E-state index in [0.717, 1.165) is 30.3 Å². The number of halogens is 1. The highest BCUT2D eigenvalue weighted by Gasteiger charge is 2.31. The van der Waals surface area contributed by atoms with E-state index in [0.29, 0.717) is 0 Å². The van der Waals surface area contributed by atoms with E-state index >= 15 is 0 Å². The number of rotatable bonds is 5. The number of nitro groups is 2. The largest absolute Gasteiger partial charge is 0.336 e. The third kappa shape index (κ3) is 4.25. The Kier molecular flexibility index (Phi) is 6.01. The molecule has 1 saturated heterocycles. The number of carbonyl (C=O) groups is 1. The molecule has 1 fully saturated rings. The number of hydrogen-bond donors (Lipinski definition) is 0. The summed E-state index contributed by atoms with van der Waals surface area (Å²) >= 11 is 5.76. The van der Waals surface area contributed by atoms with Crippen LogP contribution in [0.5, 0.6) is 0 Å². The highest BCUT2D eigenvalue weighted by atomic mass is 35.5. The van der Waals surface area contributed by atoms with Crippen molar-refractivity contribution in [2.45, 2.75) is 4.90 Å². The number of nitrogens with zero attached hydrogens (tertiary/aromatic N) is 4. The lowest BCUT2D eigenvalue weighted by molar-refractivity contribution is -0.385. The highest BCUT2D eigenvalue weighted by molar-refractivity contribution is 7.89. The maximum Gasteiger partial charge on any atom is 0.288 e. The van der Waals surface area contributed by atoms with Gasteiger partial charge in [-0.15, -0.1) is 0 Å². The standard InChI is InChI=1S/C17H15ClN4O7S/c18-15-6-1-12(11-16(15)22(26)27)17(23)19-7-9-20(10-8-19)30(28,29)14-4-2-13(3-5-14)21(24)25/h1-6,11H,7-10H2. The quantitative estimate of drug-likeness (QED) is 0.497. The molecule has 0 aromatic heterocycles. The summed E-state index contributed by atoms with van der Waals surface area (Å²) in [7, 11) is -3.88. The highest BCUT2D eigenvalue weighted by Crippen LogP contribution is 2.26. The predicted octanol–water partition coefficient (Wildman–Crippen LogP) is 2.30. The molecule has 2 aromatic rings. The van der Waals surface area contributed by atoms with Crippen LogP contribution in [-0.2, 0) is 10.0 Å². The summed E-state index contributed by atoms with van der Waals surface area (Å²) in [6.45, 7) is 0.199. The van der Waals surface area contributed by atoms with Crippen molar-refractivity contribution < 1.29 is 23.1 Å². The molecule has 158 valence electrons. The first-order valence-corrected chi connectivity index (χ1v) is 10.4. The van der Waals surface area contributed by atoms with Crippen LogP contribution in [0.4, 0.5) is 11.4 Å². The summed E-state index contributed by atoms with van der Waals surface area (Å²) in [5.74, 6) is -0.470. The average molecular weight is 455 g/mol. The molecule has 0 bridgehead atoms. The van der Waals surface area contributed by atoms with Gasteiger partial charge in [-0.25, -0.2) is 8.42 Å². The van der Waals surface area contributed by atoms with Gasteiger partial charge in [0.25, 0.3) is 17.3 Å². The van der Waals surface area contributed by atoms with Crippen molar-refractivity contribution >= 4 is 38.9 Å². The molecule has 0 aliphatic carbocycles. The van der Waals surface area contributed by atoms with Gasteiger partial charge in [0.1, 0.15) is 5.02 Å². The van der Waals surface area contributed by atoms with Crippen LogP contribution in [0.2, 0.25) is 5.02 Å². The van der Waals surface area contributed by atoms with Crippen LogP contribution in [-0.4, -0.2) is 59.6 Å². The Morgan fingerprint density at radius 2 is 1.53 bits per heavy atom. The lowest BCUT2D eigenvalue weighted by Crippen LogP contribution is -2.50. The van der Waals surface area contributed by atoms with Crippen LogP contribution in [0.25, 0.3) is 0 Å². The summed E-state index contributed by atoms with van der Waals surface area (Å²) in [5.41, 5.74) is -0.527. The van der Waals surface area contributed by atoms with Gasteiger partial charge >= 0.3 is 0 Å². The van der Waals surface area contributed by atoms with Crippen LogP contribution < -0.4 is 0 Å². The van der Waals surface area contributed by atoms with Gasteiger partial charge in [-0.3, -0.25) is 25.0 Å². The summed E-state index contributed by atoms with van der Waals surface area (Å²) in [4.78, 5) is 34.4. The summed E-state index contributed by atoms with van der Waals surface area (Å²) in [6, 6.07) is 8.28. The van der Waals surface area contributed by atoms with Crippen molar-refractivity contribution in [1.29, 1.82) is 0 Å². The molecule has 1 aliphatic heterocycles. The molecule has 3 rings (SSSR count). The molecule has 1 aliphatic rings. The molecule has 2 aromatic carbocycles. The second kappa shape index (κ2) is 8.34. The first-order valence-electron chi connectivity index (χ1n) is 8.59. The van der Waals surface area contributed by atoms with E-state index in [9.17, 15) is 33.4 Å². The Bertz CT molecular complexity index is 1110. The Morgan fingerprint density at radius 1 is 0.933 bits per heavy atom. The van der Waals surface area contributed by atoms with E-state index in [1.54, 1.807) is 0 Å². The van der Waals surface area contributed by atoms with Crippen LogP contribution >= 0.6 is 11.6 Å². The number of hydrogen-bond acceptors (Lipinski definition) is 7. The fourth-order valence-electron chi connectivity index (χ4n) is 2.99. The van der Waals surface area contributed by atoms with Gasteiger partial charge in [0, 0.05) is 49.9 Å². The number of benzene rings is 2. The Morgan fingerprint density at radius 3 is 2.07 bits per heavy atom. The Labute approximate surface area is 175 Å². The second-order valence-corrected chi connectivity index (χ2v) is 8.72. The SMILES string of the molecule is O=C(c1ccc(Cl)c([N+](=O)[O-])c1)N1CCN(S(=O)(=O)c2ccc([N+](=O)[O-])cc2)CC1. The number of amides is 1. The topological polar surface area (TPSA) is 144 Å². The van der Waals surface area contributed by atoms with Gasteiger partial charge in [0.05, 0.1) is 14.7 Å². The van der Waals surface area contributed by atoms with Crippen molar-refractivity contribution in [2.75, 3.05) is 26.2 Å². The van der Waals surface area contributed by atoms with Gasteiger partial charge in [0.15, 0.2) is 0 Å². The maximum absolute atomic E-state index is 12.7. The number of non-ortho nitro benzene ring substituents is 1. The average Bonchev–Trinajstić information content (AvgIpc) is 2.73. The van der Waals surface area contributed by atoms with Gasteiger partial charge < -0.3 is 4.90 Å². The molecule has 11 nitrogen and oxygen atoms in total. The lowest BCUT2D eigenvalue weighted by atomic mass is 10.1. The minimum Gasteiger partial charge on any atom is -0.336 e. The number of carbonyl (C=O) groups excluding carboxylic acids is 1. The zero-order chi connectivity index (χ0) is 22.1. The summed E-state index contributed by atoms with van der Waals surface area (Å²) in [5, 5.41) is 21.6. The van der Waals surface area contributed by atoms with Crippen LogP contribution in [0, 0.1) is 20.2 Å². The molecular formula is C17H15ClN4O7S. The smallest absolute Gasteiger partial charge is 0.288 e. The monoisotopic (exact) mass is 454 g/mol. The fourth-order valence-corrected chi connectivity index (χ4v) is 4.60.